The molecule has 0 radical (unpaired) electrons. The number of hydrogen-bond acceptors (Lipinski definition) is 4. The van der Waals surface area contributed by atoms with Crippen LogP contribution in [0, 0.1) is 0 Å². The molecule has 180 valence electrons. The Kier molecular flexibility index (Phi) is 7.87. The van der Waals surface area contributed by atoms with Gasteiger partial charge in [-0.05, 0) is 48.7 Å². The van der Waals surface area contributed by atoms with Crippen molar-refractivity contribution >= 4 is 35.2 Å². The topological polar surface area (TPSA) is 78.5 Å². The van der Waals surface area contributed by atoms with E-state index in [9.17, 15) is 14.4 Å². The van der Waals surface area contributed by atoms with Crippen LogP contribution in [0.4, 0.5) is 5.69 Å². The van der Waals surface area contributed by atoms with Crippen LogP contribution in [0.1, 0.15) is 57.5 Å². The first-order chi connectivity index (χ1) is 17.0. The van der Waals surface area contributed by atoms with E-state index in [-0.39, 0.29) is 29.1 Å². The largest absolute Gasteiger partial charge is 0.350 e. The predicted molar refractivity (Wildman–Crippen MR) is 140 cm³/mol. The Morgan fingerprint density at radius 3 is 2.37 bits per heavy atom. The molecule has 7 heteroatoms. The fourth-order valence-corrected chi connectivity index (χ4v) is 5.06. The molecule has 2 atom stereocenters. The lowest BCUT2D eigenvalue weighted by atomic mass is 10.1. The minimum Gasteiger partial charge on any atom is -0.350 e. The number of carbonyl (C=O) groups is 3. The molecule has 0 unspecified atom stereocenters. The summed E-state index contributed by atoms with van der Waals surface area (Å²) in [5.74, 6) is 0.0384. The molecule has 3 aromatic rings. The van der Waals surface area contributed by atoms with Crippen LogP contribution in [0.25, 0.3) is 0 Å². The molecule has 0 aliphatic carbocycles. The van der Waals surface area contributed by atoms with E-state index in [0.29, 0.717) is 29.1 Å². The quantitative estimate of drug-likeness (QED) is 0.455. The molecule has 3 amide bonds. The summed E-state index contributed by atoms with van der Waals surface area (Å²) in [4.78, 5) is 40.0. The van der Waals surface area contributed by atoms with Crippen LogP contribution in [0.15, 0.2) is 78.9 Å². The van der Waals surface area contributed by atoms with Crippen molar-refractivity contribution in [1.82, 2.24) is 10.2 Å². The molecule has 35 heavy (non-hydrogen) atoms. The molecule has 1 aliphatic heterocycles. The summed E-state index contributed by atoms with van der Waals surface area (Å²) in [5, 5.41) is 5.71. The third kappa shape index (κ3) is 5.92. The molecule has 0 saturated carbocycles. The number of thioether (sulfide) groups is 1. The summed E-state index contributed by atoms with van der Waals surface area (Å²) >= 11 is 1.59. The number of amides is 3. The normalized spacial score (nSPS) is 16.1. The van der Waals surface area contributed by atoms with Crippen LogP contribution < -0.4 is 10.6 Å². The second-order valence-electron chi connectivity index (χ2n) is 8.58. The Hall–Kier alpha value is -3.58. The van der Waals surface area contributed by atoms with Crippen molar-refractivity contribution in [1.29, 1.82) is 0 Å². The van der Waals surface area contributed by atoms with Gasteiger partial charge in [-0.25, -0.2) is 0 Å². The van der Waals surface area contributed by atoms with Crippen LogP contribution in [0.5, 0.6) is 0 Å². The third-order valence-electron chi connectivity index (χ3n) is 6.03. The molecule has 1 heterocycles. The zero-order valence-electron chi connectivity index (χ0n) is 19.9. The number of anilines is 1. The zero-order chi connectivity index (χ0) is 24.8. The Balaban J connectivity index is 1.46. The summed E-state index contributed by atoms with van der Waals surface area (Å²) in [6.07, 6.45) is 0.820. The monoisotopic (exact) mass is 487 g/mol. The average Bonchev–Trinajstić information content (AvgIpc) is 3.24. The molecule has 1 aliphatic rings. The lowest BCUT2D eigenvalue weighted by molar-refractivity contribution is -0.128. The van der Waals surface area contributed by atoms with Gasteiger partial charge in [-0.15, -0.1) is 11.8 Å². The van der Waals surface area contributed by atoms with Crippen LogP contribution in [-0.4, -0.2) is 34.4 Å². The Morgan fingerprint density at radius 1 is 0.971 bits per heavy atom. The lowest BCUT2D eigenvalue weighted by Crippen LogP contribution is -2.32. The van der Waals surface area contributed by atoms with Gasteiger partial charge in [0, 0.05) is 18.2 Å². The predicted octanol–water partition coefficient (Wildman–Crippen LogP) is 5.24. The molecule has 1 fully saturated rings. The number of para-hydroxylation sites is 1. The van der Waals surface area contributed by atoms with Gasteiger partial charge in [-0.2, -0.15) is 0 Å². The SMILES string of the molecule is CC[C@@H](C)NC(=O)c1ccccc1NC(=O)c1ccc([C@@H]2SCC(=O)N2Cc2ccccc2)cc1. The average molecular weight is 488 g/mol. The van der Waals surface area contributed by atoms with Gasteiger partial charge in [-0.1, -0.05) is 61.5 Å². The molecular weight excluding hydrogens is 458 g/mol. The first kappa shape index (κ1) is 24.5. The molecule has 0 spiro atoms. The lowest BCUT2D eigenvalue weighted by Gasteiger charge is -2.24. The number of carbonyl (C=O) groups excluding carboxylic acids is 3. The van der Waals surface area contributed by atoms with E-state index < -0.39 is 0 Å². The van der Waals surface area contributed by atoms with E-state index in [1.54, 1.807) is 48.2 Å². The van der Waals surface area contributed by atoms with Crippen molar-refractivity contribution in [2.75, 3.05) is 11.1 Å². The van der Waals surface area contributed by atoms with Gasteiger partial charge in [0.15, 0.2) is 0 Å². The van der Waals surface area contributed by atoms with Crippen LogP contribution in [0.3, 0.4) is 0 Å². The van der Waals surface area contributed by atoms with Gasteiger partial charge < -0.3 is 15.5 Å². The highest BCUT2D eigenvalue weighted by Gasteiger charge is 2.32. The van der Waals surface area contributed by atoms with E-state index in [0.717, 1.165) is 17.5 Å². The second-order valence-corrected chi connectivity index (χ2v) is 9.64. The number of nitrogens with one attached hydrogen (secondary N) is 2. The zero-order valence-corrected chi connectivity index (χ0v) is 20.7. The first-order valence-corrected chi connectivity index (χ1v) is 12.8. The third-order valence-corrected chi connectivity index (χ3v) is 7.29. The summed E-state index contributed by atoms with van der Waals surface area (Å²) in [6, 6.07) is 24.3. The fourth-order valence-electron chi connectivity index (χ4n) is 3.87. The Labute approximate surface area is 210 Å². The maximum Gasteiger partial charge on any atom is 0.255 e. The number of benzene rings is 3. The van der Waals surface area contributed by atoms with E-state index in [2.05, 4.69) is 10.6 Å². The van der Waals surface area contributed by atoms with E-state index in [1.165, 1.54) is 0 Å². The summed E-state index contributed by atoms with van der Waals surface area (Å²) < 4.78 is 0. The first-order valence-electron chi connectivity index (χ1n) is 11.7. The van der Waals surface area contributed by atoms with Crippen molar-refractivity contribution in [2.45, 2.75) is 38.2 Å². The van der Waals surface area contributed by atoms with Crippen molar-refractivity contribution in [3.8, 4) is 0 Å². The van der Waals surface area contributed by atoms with E-state index >= 15 is 0 Å². The highest BCUT2D eigenvalue weighted by molar-refractivity contribution is 8.00. The maximum atomic E-state index is 12.9. The molecular formula is C28H29N3O3S. The number of rotatable bonds is 8. The van der Waals surface area contributed by atoms with E-state index in [1.807, 2.05) is 61.2 Å². The van der Waals surface area contributed by atoms with Gasteiger partial charge in [-0.3, -0.25) is 14.4 Å². The molecule has 6 nitrogen and oxygen atoms in total. The standard InChI is InChI=1S/C28H29N3O3S/c1-3-19(2)29-27(34)23-11-7-8-12-24(23)30-26(33)21-13-15-22(16-14-21)28-31(25(32)18-35-28)17-20-9-5-4-6-10-20/h4-16,19,28H,3,17-18H2,1-2H3,(H,29,34)(H,30,33)/t19-,28+/m1/s1. The van der Waals surface area contributed by atoms with Gasteiger partial charge in [0.2, 0.25) is 5.91 Å². The Morgan fingerprint density at radius 2 is 1.66 bits per heavy atom. The molecule has 4 rings (SSSR count). The van der Waals surface area contributed by atoms with Crippen LogP contribution >= 0.6 is 11.8 Å². The molecule has 0 aromatic heterocycles. The van der Waals surface area contributed by atoms with Gasteiger partial charge in [0.25, 0.3) is 11.8 Å². The summed E-state index contributed by atoms with van der Waals surface area (Å²) in [5.41, 5.74) is 3.43. The minimum absolute atomic E-state index is 0.0422. The molecule has 3 aromatic carbocycles. The van der Waals surface area contributed by atoms with Crippen molar-refractivity contribution in [2.24, 2.45) is 0 Å². The fraction of sp³-hybridized carbons (Fsp3) is 0.250. The van der Waals surface area contributed by atoms with Crippen molar-refractivity contribution < 1.29 is 14.4 Å². The van der Waals surface area contributed by atoms with Crippen molar-refractivity contribution in [3.63, 3.8) is 0 Å². The molecule has 0 bridgehead atoms. The van der Waals surface area contributed by atoms with Crippen LogP contribution in [-0.2, 0) is 11.3 Å². The van der Waals surface area contributed by atoms with Gasteiger partial charge in [0.1, 0.15) is 5.37 Å². The summed E-state index contributed by atoms with van der Waals surface area (Å²) in [6.45, 7) is 4.50. The minimum atomic E-state index is -0.295. The second kappa shape index (κ2) is 11.2. The highest BCUT2D eigenvalue weighted by atomic mass is 32.2. The van der Waals surface area contributed by atoms with Crippen molar-refractivity contribution in [3.05, 3.63) is 101 Å². The van der Waals surface area contributed by atoms with E-state index in [4.69, 9.17) is 0 Å². The van der Waals surface area contributed by atoms with Gasteiger partial charge >= 0.3 is 0 Å². The molecule has 1 saturated heterocycles. The maximum absolute atomic E-state index is 12.9. The molecule has 2 N–H and O–H groups in total. The van der Waals surface area contributed by atoms with Gasteiger partial charge in [0.05, 0.1) is 17.0 Å². The number of hydrogen-bond donors (Lipinski definition) is 2. The summed E-state index contributed by atoms with van der Waals surface area (Å²) in [7, 11) is 0. The smallest absolute Gasteiger partial charge is 0.255 e. The number of nitrogens with zero attached hydrogens (tertiary/aromatic N) is 1. The Bertz CT molecular complexity index is 1200. The highest BCUT2D eigenvalue weighted by Crippen LogP contribution is 2.39. The van der Waals surface area contributed by atoms with Crippen LogP contribution in [0.2, 0.25) is 0 Å².